The van der Waals surface area contributed by atoms with Crippen LogP contribution in [0.25, 0.3) is 0 Å². The second kappa shape index (κ2) is 9.54. The predicted octanol–water partition coefficient (Wildman–Crippen LogP) is 3.85. The molecule has 20 heavy (non-hydrogen) atoms. The summed E-state index contributed by atoms with van der Waals surface area (Å²) < 4.78 is 10.9. The van der Waals surface area contributed by atoms with Crippen molar-refractivity contribution in [1.82, 2.24) is 0 Å². The van der Waals surface area contributed by atoms with Crippen LogP contribution in [0, 0.1) is 11.8 Å². The molecule has 0 aliphatic heterocycles. The van der Waals surface area contributed by atoms with Crippen LogP contribution in [-0.4, -0.2) is 20.0 Å². The SMILES string of the molecule is COc1ccc(COC[C@@H](C)C[C@@H](C)CCC=O)cc1. The summed E-state index contributed by atoms with van der Waals surface area (Å²) >= 11 is 0. The van der Waals surface area contributed by atoms with Crippen LogP contribution in [0.1, 0.15) is 38.7 Å². The summed E-state index contributed by atoms with van der Waals surface area (Å²) in [5.41, 5.74) is 1.16. The molecule has 0 radical (unpaired) electrons. The van der Waals surface area contributed by atoms with Crippen molar-refractivity contribution >= 4 is 6.29 Å². The first-order chi connectivity index (χ1) is 9.65. The van der Waals surface area contributed by atoms with Crippen LogP contribution in [0.5, 0.6) is 5.75 Å². The largest absolute Gasteiger partial charge is 0.497 e. The fraction of sp³-hybridized carbons (Fsp3) is 0.588. The zero-order chi connectivity index (χ0) is 14.8. The maximum Gasteiger partial charge on any atom is 0.120 e. The third-order valence-corrected chi connectivity index (χ3v) is 3.41. The minimum atomic E-state index is 0.523. The fourth-order valence-electron chi connectivity index (χ4n) is 2.33. The van der Waals surface area contributed by atoms with E-state index < -0.39 is 0 Å². The Hall–Kier alpha value is -1.35. The molecule has 0 amide bonds. The lowest BCUT2D eigenvalue weighted by atomic mass is 9.94. The van der Waals surface area contributed by atoms with Crippen LogP contribution < -0.4 is 4.74 Å². The molecule has 0 aliphatic carbocycles. The molecule has 0 saturated heterocycles. The normalized spacial score (nSPS) is 13.8. The number of aldehydes is 1. The third kappa shape index (κ3) is 6.71. The van der Waals surface area contributed by atoms with Gasteiger partial charge >= 0.3 is 0 Å². The molecule has 3 heteroatoms. The Labute approximate surface area is 122 Å². The van der Waals surface area contributed by atoms with Crippen LogP contribution in [0.2, 0.25) is 0 Å². The van der Waals surface area contributed by atoms with E-state index in [9.17, 15) is 4.79 Å². The number of methoxy groups -OCH3 is 1. The quantitative estimate of drug-likeness (QED) is 0.610. The molecule has 2 atom stereocenters. The van der Waals surface area contributed by atoms with E-state index in [1.807, 2.05) is 24.3 Å². The first kappa shape index (κ1) is 16.7. The molecule has 1 rings (SSSR count). The lowest BCUT2D eigenvalue weighted by Gasteiger charge is -2.16. The standard InChI is InChI=1S/C17H26O3/c1-14(5-4-10-18)11-15(2)12-20-13-16-6-8-17(19-3)9-7-16/h6-10,14-15H,4-5,11-13H2,1-3H3/t14-,15-/m0/s1. The zero-order valence-corrected chi connectivity index (χ0v) is 12.8. The Balaban J connectivity index is 2.20. The van der Waals surface area contributed by atoms with Crippen molar-refractivity contribution in [2.45, 2.75) is 39.7 Å². The highest BCUT2D eigenvalue weighted by Gasteiger charge is 2.09. The molecule has 0 N–H and O–H groups in total. The van der Waals surface area contributed by atoms with Crippen LogP contribution >= 0.6 is 0 Å². The third-order valence-electron chi connectivity index (χ3n) is 3.41. The summed E-state index contributed by atoms with van der Waals surface area (Å²) in [6.45, 7) is 5.80. The number of benzene rings is 1. The lowest BCUT2D eigenvalue weighted by Crippen LogP contribution is -2.10. The Kier molecular flexibility index (Phi) is 7.97. The Bertz CT molecular complexity index is 372. The average Bonchev–Trinajstić information content (AvgIpc) is 2.45. The molecule has 0 spiro atoms. The van der Waals surface area contributed by atoms with Gasteiger partial charge < -0.3 is 14.3 Å². The molecule has 0 bridgehead atoms. The van der Waals surface area contributed by atoms with E-state index in [1.165, 1.54) is 0 Å². The monoisotopic (exact) mass is 278 g/mol. The van der Waals surface area contributed by atoms with Gasteiger partial charge in [0.25, 0.3) is 0 Å². The van der Waals surface area contributed by atoms with Gasteiger partial charge in [-0.2, -0.15) is 0 Å². The van der Waals surface area contributed by atoms with E-state index in [1.54, 1.807) is 7.11 Å². The van der Waals surface area contributed by atoms with E-state index in [0.29, 0.717) is 24.9 Å². The molecule has 0 saturated carbocycles. The molecule has 3 nitrogen and oxygen atoms in total. The molecular formula is C17H26O3. The summed E-state index contributed by atoms with van der Waals surface area (Å²) in [6, 6.07) is 7.94. The molecule has 1 aromatic carbocycles. The highest BCUT2D eigenvalue weighted by atomic mass is 16.5. The number of rotatable bonds is 10. The molecule has 0 fully saturated rings. The van der Waals surface area contributed by atoms with Gasteiger partial charge in [-0.3, -0.25) is 0 Å². The Morgan fingerprint density at radius 3 is 2.45 bits per heavy atom. The van der Waals surface area contributed by atoms with E-state index in [4.69, 9.17) is 9.47 Å². The van der Waals surface area contributed by atoms with Crippen LogP contribution in [0.4, 0.5) is 0 Å². The summed E-state index contributed by atoms with van der Waals surface area (Å²) in [7, 11) is 1.67. The second-order valence-corrected chi connectivity index (χ2v) is 5.55. The molecule has 0 aliphatic rings. The summed E-state index contributed by atoms with van der Waals surface area (Å²) in [5, 5.41) is 0. The number of carbonyl (C=O) groups is 1. The van der Waals surface area contributed by atoms with E-state index in [-0.39, 0.29) is 0 Å². The zero-order valence-electron chi connectivity index (χ0n) is 12.8. The van der Waals surface area contributed by atoms with Crippen molar-refractivity contribution in [2.24, 2.45) is 11.8 Å². The minimum Gasteiger partial charge on any atom is -0.497 e. The van der Waals surface area contributed by atoms with Crippen molar-refractivity contribution < 1.29 is 14.3 Å². The van der Waals surface area contributed by atoms with Crippen molar-refractivity contribution in [3.8, 4) is 5.75 Å². The maximum absolute atomic E-state index is 10.3. The number of hydrogen-bond acceptors (Lipinski definition) is 3. The van der Waals surface area contributed by atoms with E-state index in [2.05, 4.69) is 13.8 Å². The molecule has 1 aromatic rings. The molecule has 0 aromatic heterocycles. The van der Waals surface area contributed by atoms with Gasteiger partial charge in [0.15, 0.2) is 0 Å². The predicted molar refractivity (Wildman–Crippen MR) is 80.9 cm³/mol. The van der Waals surface area contributed by atoms with Gasteiger partial charge in [0.05, 0.1) is 13.7 Å². The maximum atomic E-state index is 10.3. The highest BCUT2D eigenvalue weighted by molar-refractivity contribution is 5.49. The Morgan fingerprint density at radius 2 is 1.85 bits per heavy atom. The van der Waals surface area contributed by atoms with Crippen LogP contribution in [0.15, 0.2) is 24.3 Å². The number of carbonyl (C=O) groups excluding carboxylic acids is 1. The van der Waals surface area contributed by atoms with Gasteiger partial charge in [0, 0.05) is 13.0 Å². The van der Waals surface area contributed by atoms with Crippen molar-refractivity contribution in [1.29, 1.82) is 0 Å². The topological polar surface area (TPSA) is 35.5 Å². The van der Waals surface area contributed by atoms with E-state index >= 15 is 0 Å². The van der Waals surface area contributed by atoms with Crippen LogP contribution in [-0.2, 0) is 16.1 Å². The fourth-order valence-corrected chi connectivity index (χ4v) is 2.33. The molecule has 0 unspecified atom stereocenters. The first-order valence-corrected chi connectivity index (χ1v) is 7.30. The highest BCUT2D eigenvalue weighted by Crippen LogP contribution is 2.17. The van der Waals surface area contributed by atoms with Crippen molar-refractivity contribution in [3.63, 3.8) is 0 Å². The number of hydrogen-bond donors (Lipinski definition) is 0. The lowest BCUT2D eigenvalue weighted by molar-refractivity contribution is -0.108. The van der Waals surface area contributed by atoms with Gasteiger partial charge in [0.2, 0.25) is 0 Å². The first-order valence-electron chi connectivity index (χ1n) is 7.30. The minimum absolute atomic E-state index is 0.523. The van der Waals surface area contributed by atoms with Crippen molar-refractivity contribution in [3.05, 3.63) is 29.8 Å². The van der Waals surface area contributed by atoms with E-state index in [0.717, 1.165) is 37.0 Å². The van der Waals surface area contributed by atoms with Gasteiger partial charge in [-0.15, -0.1) is 0 Å². The molecule has 112 valence electrons. The summed E-state index contributed by atoms with van der Waals surface area (Å²) in [5.74, 6) is 1.97. The molecular weight excluding hydrogens is 252 g/mol. The Morgan fingerprint density at radius 1 is 1.15 bits per heavy atom. The van der Waals surface area contributed by atoms with Gasteiger partial charge in [-0.25, -0.2) is 0 Å². The van der Waals surface area contributed by atoms with Gasteiger partial charge in [-0.1, -0.05) is 26.0 Å². The molecule has 0 heterocycles. The van der Waals surface area contributed by atoms with Crippen molar-refractivity contribution in [2.75, 3.05) is 13.7 Å². The summed E-state index contributed by atoms with van der Waals surface area (Å²) in [4.78, 5) is 10.3. The van der Waals surface area contributed by atoms with Gasteiger partial charge in [0.1, 0.15) is 12.0 Å². The summed E-state index contributed by atoms with van der Waals surface area (Å²) in [6.07, 6.45) is 3.75. The second-order valence-electron chi connectivity index (χ2n) is 5.55. The average molecular weight is 278 g/mol. The van der Waals surface area contributed by atoms with Crippen LogP contribution in [0.3, 0.4) is 0 Å². The number of ether oxygens (including phenoxy) is 2. The smallest absolute Gasteiger partial charge is 0.120 e. The van der Waals surface area contributed by atoms with Gasteiger partial charge in [-0.05, 0) is 42.4 Å².